The molecule has 5 aliphatic heterocycles. The zero-order chi connectivity index (χ0) is 48.4. The number of hydrogen-bond acceptors (Lipinski definition) is 12. The maximum atomic E-state index is 7.39. The van der Waals surface area contributed by atoms with Crippen LogP contribution < -0.4 is 0 Å². The highest BCUT2D eigenvalue weighted by atomic mass is 28.4. The van der Waals surface area contributed by atoms with Gasteiger partial charge in [0.05, 0.1) is 53.9 Å². The Morgan fingerprint density at radius 3 is 2.17 bits per heavy atom. The van der Waals surface area contributed by atoms with Gasteiger partial charge in [0.2, 0.25) is 0 Å². The van der Waals surface area contributed by atoms with E-state index >= 15 is 0 Å². The van der Waals surface area contributed by atoms with Crippen molar-refractivity contribution in [1.82, 2.24) is 0 Å². The molecule has 14 heteroatoms. The van der Waals surface area contributed by atoms with Gasteiger partial charge >= 0.3 is 0 Å². The fourth-order valence-corrected chi connectivity index (χ4v) is 13.7. The first kappa shape index (κ1) is 55.9. The van der Waals surface area contributed by atoms with E-state index in [-0.39, 0.29) is 90.9 Å². The topological polar surface area (TPSA) is 111 Å². The molecule has 0 N–H and O–H groups in total. The monoisotopic (exact) mass is 959 g/mol. The fraction of sp³-hybridized carbons (Fsp3) is 1.00. The molecule has 382 valence electrons. The average molecular weight is 960 g/mol. The van der Waals surface area contributed by atoms with Crippen LogP contribution in [0.3, 0.4) is 0 Å². The van der Waals surface area contributed by atoms with E-state index in [1.807, 2.05) is 7.11 Å². The van der Waals surface area contributed by atoms with E-state index in [2.05, 4.69) is 109 Å². The lowest BCUT2D eigenvalue weighted by molar-refractivity contribution is -0.344. The molecule has 0 aromatic rings. The molecule has 5 rings (SSSR count). The van der Waals surface area contributed by atoms with Crippen molar-refractivity contribution in [2.24, 2.45) is 35.5 Å². The number of methoxy groups -OCH3 is 3. The molecule has 5 fully saturated rings. The normalized spacial score (nSPS) is 41.0. The summed E-state index contributed by atoms with van der Waals surface area (Å²) in [6.45, 7) is 38.8. The molecule has 0 aromatic heterocycles. The zero-order valence-corrected chi connectivity index (χ0v) is 46.8. The summed E-state index contributed by atoms with van der Waals surface area (Å²) in [4.78, 5) is 0. The van der Waals surface area contributed by atoms with Crippen LogP contribution in [0.2, 0.25) is 43.8 Å². The van der Waals surface area contributed by atoms with Crippen molar-refractivity contribution in [3.8, 4) is 0 Å². The van der Waals surface area contributed by atoms with E-state index in [0.717, 1.165) is 57.6 Å². The smallest absolute Gasteiger partial charge is 0.194 e. The highest BCUT2D eigenvalue weighted by molar-refractivity contribution is 6.76. The first-order valence-corrected chi connectivity index (χ1v) is 32.2. The lowest BCUT2D eigenvalue weighted by Gasteiger charge is -2.50. The minimum atomic E-state index is -1.93. The fourth-order valence-electron chi connectivity index (χ4n) is 11.8. The van der Waals surface area contributed by atoms with Crippen LogP contribution in [0.15, 0.2) is 0 Å². The summed E-state index contributed by atoms with van der Waals surface area (Å²) in [5.74, 6) is -0.621. The second-order valence-electron chi connectivity index (χ2n) is 24.5. The molecule has 0 saturated carbocycles. The largest absolute Gasteiger partial charge is 0.416 e. The van der Waals surface area contributed by atoms with Crippen molar-refractivity contribution in [2.75, 3.05) is 54.7 Å². The van der Waals surface area contributed by atoms with Gasteiger partial charge in [-0.3, -0.25) is 0 Å². The second kappa shape index (κ2) is 22.2. The standard InChI is InChI=1S/C51H98O12Si2/c1-20-49(46-35(3)28-40(59-46)44-34(2)27-37(5)51(54-14,62-44)31-56-33-55-25-26-64(15,16)17)22-21-42(60-49)48(11)23-24-50(63-48)29-41(57-32-52-12)38(6)45(61-50)39(7)43(53-13)36(4)30-58-65(18,19)47(8,9)10/h34-46H,20-33H2,1-19H3/t34-,35-,36+,37+,38+,39-,40+,41-,42+,43-,44-,45-,46+,48-,49-,50+,51-/m0/s1. The van der Waals surface area contributed by atoms with Gasteiger partial charge in [0.15, 0.2) is 19.9 Å². The predicted molar refractivity (Wildman–Crippen MR) is 261 cm³/mol. The van der Waals surface area contributed by atoms with Crippen molar-refractivity contribution in [3.05, 3.63) is 0 Å². The summed E-state index contributed by atoms with van der Waals surface area (Å²) in [7, 11) is 2.14. The summed E-state index contributed by atoms with van der Waals surface area (Å²) in [6, 6.07) is 1.11. The van der Waals surface area contributed by atoms with Gasteiger partial charge in [-0.05, 0) is 81.5 Å². The molecule has 5 heterocycles. The van der Waals surface area contributed by atoms with Crippen molar-refractivity contribution in [1.29, 1.82) is 0 Å². The van der Waals surface area contributed by atoms with Crippen LogP contribution in [-0.4, -0.2) is 137 Å². The summed E-state index contributed by atoms with van der Waals surface area (Å²) in [5, 5.41) is 0.135. The molecular formula is C51H98O12Si2. The molecule has 0 aliphatic carbocycles. The summed E-state index contributed by atoms with van der Waals surface area (Å²) in [6.07, 6.45) is 6.01. The van der Waals surface area contributed by atoms with Crippen molar-refractivity contribution >= 4 is 16.4 Å². The van der Waals surface area contributed by atoms with Crippen LogP contribution in [0.4, 0.5) is 0 Å². The van der Waals surface area contributed by atoms with Crippen molar-refractivity contribution < 1.29 is 56.5 Å². The zero-order valence-electron chi connectivity index (χ0n) is 44.8. The maximum absolute atomic E-state index is 7.39. The van der Waals surface area contributed by atoms with Crippen LogP contribution in [0.25, 0.3) is 0 Å². The van der Waals surface area contributed by atoms with E-state index in [1.165, 1.54) is 0 Å². The van der Waals surface area contributed by atoms with Crippen molar-refractivity contribution in [3.63, 3.8) is 0 Å². The lowest BCUT2D eigenvalue weighted by atomic mass is 9.78. The van der Waals surface area contributed by atoms with Gasteiger partial charge in [-0.1, -0.05) is 88.9 Å². The van der Waals surface area contributed by atoms with E-state index in [9.17, 15) is 0 Å². The van der Waals surface area contributed by atoms with Gasteiger partial charge in [-0.15, -0.1) is 0 Å². The Morgan fingerprint density at radius 2 is 1.55 bits per heavy atom. The molecule has 0 bridgehead atoms. The number of rotatable bonds is 22. The van der Waals surface area contributed by atoms with Gasteiger partial charge in [0.1, 0.15) is 20.2 Å². The Morgan fingerprint density at radius 1 is 0.846 bits per heavy atom. The molecule has 17 atom stereocenters. The van der Waals surface area contributed by atoms with Gasteiger partial charge in [-0.2, -0.15) is 0 Å². The van der Waals surface area contributed by atoms with Crippen LogP contribution in [0, 0.1) is 35.5 Å². The Hall–Kier alpha value is -0.0462. The Kier molecular flexibility index (Phi) is 19.0. The Balaban J connectivity index is 1.26. The van der Waals surface area contributed by atoms with E-state index in [1.54, 1.807) is 14.2 Å². The van der Waals surface area contributed by atoms with Crippen molar-refractivity contribution in [2.45, 2.75) is 237 Å². The van der Waals surface area contributed by atoms with E-state index in [0.29, 0.717) is 25.6 Å². The molecule has 0 radical (unpaired) electrons. The summed E-state index contributed by atoms with van der Waals surface area (Å²) < 4.78 is 79.4. The van der Waals surface area contributed by atoms with Crippen LogP contribution >= 0.6 is 0 Å². The van der Waals surface area contributed by atoms with E-state index in [4.69, 9.17) is 56.5 Å². The lowest BCUT2D eigenvalue weighted by Crippen LogP contribution is -2.57. The highest BCUT2D eigenvalue weighted by Gasteiger charge is 2.62. The average Bonchev–Trinajstić information content (AvgIpc) is 3.95. The van der Waals surface area contributed by atoms with Gasteiger partial charge < -0.3 is 56.5 Å². The molecule has 1 spiro atoms. The van der Waals surface area contributed by atoms with Crippen LogP contribution in [0.1, 0.15) is 128 Å². The molecule has 0 aromatic carbocycles. The quantitative estimate of drug-likeness (QED) is 0.0585. The maximum Gasteiger partial charge on any atom is 0.194 e. The SMILES string of the molecule is CC[C@@]1([C@@H]2O[C@@H]([C@H]3O[C@](COCOCC[Si](C)(C)C)(OC)[C@H](C)C[C@@H]3C)C[C@@H]2C)CC[C@H]([C@]2(C)CC[C@]3(C[C@H](OCOC)[C@@H](C)[C@@H]([C@@H](C)[C@@H](OC)[C@H](C)CO[Si](C)(C)C(C)(C)C)O3)O2)O1. The van der Waals surface area contributed by atoms with Crippen LogP contribution in [-0.2, 0) is 56.5 Å². The number of ether oxygens (including phenoxy) is 11. The predicted octanol–water partition coefficient (Wildman–Crippen LogP) is 10.8. The first-order chi connectivity index (χ1) is 30.2. The summed E-state index contributed by atoms with van der Waals surface area (Å²) >= 11 is 0. The molecule has 5 saturated heterocycles. The number of hydrogen-bond donors (Lipinski definition) is 0. The molecule has 12 nitrogen and oxygen atoms in total. The third kappa shape index (κ3) is 12.7. The Labute approximate surface area is 398 Å². The Bertz CT molecular complexity index is 1480. The molecule has 5 aliphatic rings. The minimum absolute atomic E-state index is 0.0537. The van der Waals surface area contributed by atoms with Gasteiger partial charge in [0.25, 0.3) is 0 Å². The second-order valence-corrected chi connectivity index (χ2v) is 34.9. The molecule has 65 heavy (non-hydrogen) atoms. The van der Waals surface area contributed by atoms with Gasteiger partial charge in [0, 0.05) is 79.1 Å². The highest BCUT2D eigenvalue weighted by Crippen LogP contribution is 2.55. The van der Waals surface area contributed by atoms with E-state index < -0.39 is 39.2 Å². The third-order valence-corrected chi connectivity index (χ3v) is 23.4. The van der Waals surface area contributed by atoms with Crippen LogP contribution in [0.5, 0.6) is 0 Å². The summed E-state index contributed by atoms with van der Waals surface area (Å²) in [5.41, 5.74) is -0.977. The third-order valence-electron chi connectivity index (χ3n) is 17.2. The molecular weight excluding hydrogens is 861 g/mol. The first-order valence-electron chi connectivity index (χ1n) is 25.6. The molecule has 0 amide bonds. The van der Waals surface area contributed by atoms with Gasteiger partial charge in [-0.25, -0.2) is 0 Å². The molecule has 0 unspecified atom stereocenters. The minimum Gasteiger partial charge on any atom is -0.416 e.